The Morgan fingerprint density at radius 3 is 2.30 bits per heavy atom. The second-order valence-corrected chi connectivity index (χ2v) is 16.4. The first-order valence-corrected chi connectivity index (χ1v) is 13.6. The normalized spacial score (nSPS) is 13.6. The maximum Gasteiger partial charge on any atom is 0.433 e. The highest BCUT2D eigenvalue weighted by Gasteiger charge is 2.33. The standard InChI is InChI=1S/C11H19F3N2OSSi2/c1-19(2,3)17-20(4,5)8-18-10-15-7-6-9(16-10)11(12,13)14/h6-7H,8H2,1-5H3. The Kier molecular flexibility index (Phi) is 5.44. The van der Waals surface area contributed by atoms with Crippen molar-refractivity contribution in [3.63, 3.8) is 0 Å². The first-order valence-electron chi connectivity index (χ1n) is 6.12. The molecule has 114 valence electrons. The van der Waals surface area contributed by atoms with E-state index < -0.39 is 28.5 Å². The van der Waals surface area contributed by atoms with Gasteiger partial charge in [-0.25, -0.2) is 9.97 Å². The van der Waals surface area contributed by atoms with E-state index in [1.165, 1.54) is 11.8 Å². The largest absolute Gasteiger partial charge is 0.455 e. The maximum absolute atomic E-state index is 12.6. The van der Waals surface area contributed by atoms with Gasteiger partial charge in [0.1, 0.15) is 5.69 Å². The first-order chi connectivity index (χ1) is 8.89. The van der Waals surface area contributed by atoms with Crippen molar-refractivity contribution in [2.45, 2.75) is 44.1 Å². The molecule has 0 aliphatic carbocycles. The molecule has 0 aliphatic rings. The van der Waals surface area contributed by atoms with Crippen LogP contribution in [0.2, 0.25) is 32.7 Å². The van der Waals surface area contributed by atoms with Crippen molar-refractivity contribution in [3.05, 3.63) is 18.0 Å². The van der Waals surface area contributed by atoms with Crippen LogP contribution in [0.25, 0.3) is 0 Å². The number of hydrogen-bond acceptors (Lipinski definition) is 4. The predicted octanol–water partition coefficient (Wildman–Crippen LogP) is 4.18. The second-order valence-electron chi connectivity index (χ2n) is 5.99. The molecule has 0 atom stereocenters. The Balaban J connectivity index is 2.71. The monoisotopic (exact) mass is 340 g/mol. The van der Waals surface area contributed by atoms with Gasteiger partial charge in [-0.15, -0.1) is 0 Å². The summed E-state index contributed by atoms with van der Waals surface area (Å²) in [5, 5.41) is 0.790. The summed E-state index contributed by atoms with van der Waals surface area (Å²) in [7, 11) is -3.57. The first kappa shape index (κ1) is 17.7. The molecule has 0 amide bonds. The van der Waals surface area contributed by atoms with E-state index in [1.807, 2.05) is 0 Å². The molecule has 1 aromatic rings. The number of nitrogens with zero attached hydrogens (tertiary/aromatic N) is 2. The molecule has 0 radical (unpaired) electrons. The summed E-state index contributed by atoms with van der Waals surface area (Å²) >= 11 is 1.24. The highest BCUT2D eigenvalue weighted by atomic mass is 32.2. The second kappa shape index (κ2) is 6.16. The maximum atomic E-state index is 12.6. The number of aromatic nitrogens is 2. The minimum atomic E-state index is -4.43. The number of hydrogen-bond donors (Lipinski definition) is 0. The van der Waals surface area contributed by atoms with Gasteiger partial charge < -0.3 is 4.12 Å². The van der Waals surface area contributed by atoms with Crippen LogP contribution in [0, 0.1) is 0 Å². The summed E-state index contributed by atoms with van der Waals surface area (Å²) in [5.74, 6) is 0. The van der Waals surface area contributed by atoms with E-state index in [9.17, 15) is 13.2 Å². The fourth-order valence-electron chi connectivity index (χ4n) is 1.66. The van der Waals surface area contributed by atoms with Crippen LogP contribution in [0.4, 0.5) is 13.2 Å². The molecule has 0 saturated carbocycles. The van der Waals surface area contributed by atoms with Crippen molar-refractivity contribution in [2.75, 3.05) is 5.38 Å². The van der Waals surface area contributed by atoms with Gasteiger partial charge in [0.15, 0.2) is 21.8 Å². The minimum Gasteiger partial charge on any atom is -0.455 e. The third-order valence-electron chi connectivity index (χ3n) is 2.06. The lowest BCUT2D eigenvalue weighted by molar-refractivity contribution is -0.141. The van der Waals surface area contributed by atoms with Gasteiger partial charge in [-0.2, -0.15) is 13.2 Å². The van der Waals surface area contributed by atoms with E-state index in [-0.39, 0.29) is 5.16 Å². The average molecular weight is 341 g/mol. The van der Waals surface area contributed by atoms with Gasteiger partial charge >= 0.3 is 6.18 Å². The van der Waals surface area contributed by atoms with Crippen molar-refractivity contribution in [1.29, 1.82) is 0 Å². The van der Waals surface area contributed by atoms with Crippen molar-refractivity contribution < 1.29 is 17.3 Å². The molecule has 0 spiro atoms. The third-order valence-corrected chi connectivity index (χ3v) is 10.5. The topological polar surface area (TPSA) is 35.0 Å². The molecular weight excluding hydrogens is 321 g/mol. The zero-order chi connectivity index (χ0) is 15.6. The Hall–Kier alpha value is -0.386. The molecule has 0 N–H and O–H groups in total. The van der Waals surface area contributed by atoms with Gasteiger partial charge in [0, 0.05) is 11.6 Å². The van der Waals surface area contributed by atoms with E-state index >= 15 is 0 Å². The number of alkyl halides is 3. The van der Waals surface area contributed by atoms with E-state index in [0.29, 0.717) is 5.38 Å². The van der Waals surface area contributed by atoms with Gasteiger partial charge in [-0.05, 0) is 38.8 Å². The summed E-state index contributed by atoms with van der Waals surface area (Å²) in [5.41, 5.74) is -0.902. The van der Waals surface area contributed by atoms with Gasteiger partial charge in [-0.3, -0.25) is 0 Å². The fraction of sp³-hybridized carbons (Fsp3) is 0.636. The number of rotatable bonds is 5. The van der Waals surface area contributed by atoms with E-state index in [4.69, 9.17) is 4.12 Å². The third kappa shape index (κ3) is 6.38. The average Bonchev–Trinajstić information content (AvgIpc) is 2.22. The van der Waals surface area contributed by atoms with Crippen LogP contribution in [-0.4, -0.2) is 32.0 Å². The van der Waals surface area contributed by atoms with Crippen molar-refractivity contribution in [3.8, 4) is 0 Å². The molecule has 0 fully saturated rings. The Bertz CT molecular complexity index is 464. The molecular formula is C11H19F3N2OSSi2. The zero-order valence-corrected chi connectivity index (χ0v) is 15.0. The smallest absolute Gasteiger partial charge is 0.433 e. The Labute approximate surface area is 123 Å². The summed E-state index contributed by atoms with van der Waals surface area (Å²) in [6.45, 7) is 10.4. The molecule has 3 nitrogen and oxygen atoms in total. The van der Waals surface area contributed by atoms with Gasteiger partial charge in [-0.1, -0.05) is 11.8 Å². The molecule has 0 aromatic carbocycles. The molecule has 0 bridgehead atoms. The number of halogens is 3. The van der Waals surface area contributed by atoms with Crippen LogP contribution in [-0.2, 0) is 10.3 Å². The van der Waals surface area contributed by atoms with Crippen LogP contribution >= 0.6 is 11.8 Å². The zero-order valence-electron chi connectivity index (χ0n) is 12.2. The van der Waals surface area contributed by atoms with E-state index in [1.54, 1.807) is 0 Å². The summed E-state index contributed by atoms with van der Waals surface area (Å²) in [4.78, 5) is 7.43. The Morgan fingerprint density at radius 2 is 1.80 bits per heavy atom. The molecule has 20 heavy (non-hydrogen) atoms. The van der Waals surface area contributed by atoms with Crippen LogP contribution in [0.1, 0.15) is 5.69 Å². The Morgan fingerprint density at radius 1 is 1.20 bits per heavy atom. The lowest BCUT2D eigenvalue weighted by atomic mass is 10.4. The lowest BCUT2D eigenvalue weighted by Gasteiger charge is -2.30. The van der Waals surface area contributed by atoms with E-state index in [2.05, 4.69) is 42.7 Å². The van der Waals surface area contributed by atoms with Crippen LogP contribution in [0.15, 0.2) is 17.4 Å². The molecule has 0 unspecified atom stereocenters. The quantitative estimate of drug-likeness (QED) is 0.457. The number of thioether (sulfide) groups is 1. The van der Waals surface area contributed by atoms with Crippen LogP contribution in [0.3, 0.4) is 0 Å². The van der Waals surface area contributed by atoms with Crippen LogP contribution in [0.5, 0.6) is 0 Å². The lowest BCUT2D eigenvalue weighted by Crippen LogP contribution is -2.44. The summed E-state index contributed by atoms with van der Waals surface area (Å²) in [6, 6.07) is 0.880. The summed E-state index contributed by atoms with van der Waals surface area (Å²) < 4.78 is 43.8. The molecule has 1 rings (SSSR count). The molecule has 0 aliphatic heterocycles. The van der Waals surface area contributed by atoms with Crippen molar-refractivity contribution >= 4 is 28.4 Å². The van der Waals surface area contributed by atoms with Gasteiger partial charge in [0.2, 0.25) is 0 Å². The van der Waals surface area contributed by atoms with Crippen molar-refractivity contribution in [2.24, 2.45) is 0 Å². The minimum absolute atomic E-state index is 0.152. The predicted molar refractivity (Wildman–Crippen MR) is 79.7 cm³/mol. The molecule has 9 heteroatoms. The highest BCUT2D eigenvalue weighted by molar-refractivity contribution is 8.00. The highest BCUT2D eigenvalue weighted by Crippen LogP contribution is 2.29. The van der Waals surface area contributed by atoms with Crippen LogP contribution < -0.4 is 0 Å². The fourth-order valence-corrected chi connectivity index (χ4v) is 11.3. The SMILES string of the molecule is C[Si](C)(C)O[Si](C)(C)CSc1nccc(C(F)(F)F)n1. The van der Waals surface area contributed by atoms with E-state index in [0.717, 1.165) is 12.3 Å². The van der Waals surface area contributed by atoms with Gasteiger partial charge in [0.25, 0.3) is 0 Å². The van der Waals surface area contributed by atoms with Crippen molar-refractivity contribution in [1.82, 2.24) is 9.97 Å². The molecule has 0 saturated heterocycles. The molecule has 1 aromatic heterocycles. The van der Waals surface area contributed by atoms with Gasteiger partial charge in [0.05, 0.1) is 0 Å². The molecule has 1 heterocycles. The summed E-state index contributed by atoms with van der Waals surface area (Å²) in [6.07, 6.45) is -3.29.